The van der Waals surface area contributed by atoms with Crippen LogP contribution in [0.2, 0.25) is 0 Å². The summed E-state index contributed by atoms with van der Waals surface area (Å²) in [4.78, 5) is 19.6. The number of thioether (sulfide) groups is 1. The Morgan fingerprint density at radius 2 is 1.72 bits per heavy atom. The van der Waals surface area contributed by atoms with E-state index in [1.165, 1.54) is 36.7 Å². The third kappa shape index (κ3) is 4.54. The van der Waals surface area contributed by atoms with Gasteiger partial charge in [-0.05, 0) is 44.6 Å². The first kappa shape index (κ1) is 18.7. The van der Waals surface area contributed by atoms with E-state index in [1.807, 2.05) is 35.7 Å². The largest absolute Gasteiger partial charge is 0.341 e. The highest BCUT2D eigenvalue weighted by Gasteiger charge is 2.32. The monoisotopic (exact) mass is 365 g/mol. The van der Waals surface area contributed by atoms with Gasteiger partial charge in [-0.1, -0.05) is 12.1 Å². The number of likely N-dealkylation sites (tertiary alicyclic amines) is 1. The van der Waals surface area contributed by atoms with Crippen LogP contribution in [0.1, 0.15) is 24.4 Å². The van der Waals surface area contributed by atoms with E-state index in [1.54, 1.807) is 12.1 Å². The SMILES string of the molecule is CN(C)[C@@H](C(=O)N1CCC(N2CCSCC2)CC1)c1ccc(F)cc1. The van der Waals surface area contributed by atoms with Crippen molar-refractivity contribution < 1.29 is 9.18 Å². The van der Waals surface area contributed by atoms with Crippen LogP contribution in [0.25, 0.3) is 0 Å². The molecular formula is C19H28FN3OS. The molecule has 2 heterocycles. The first-order chi connectivity index (χ1) is 12.1. The molecule has 0 bridgehead atoms. The third-order valence-electron chi connectivity index (χ3n) is 5.27. The van der Waals surface area contributed by atoms with Crippen LogP contribution in [-0.2, 0) is 4.79 Å². The summed E-state index contributed by atoms with van der Waals surface area (Å²) in [6, 6.07) is 6.57. The smallest absolute Gasteiger partial charge is 0.244 e. The number of amides is 1. The number of hydrogen-bond donors (Lipinski definition) is 0. The van der Waals surface area contributed by atoms with Gasteiger partial charge in [0.15, 0.2) is 0 Å². The number of benzene rings is 1. The summed E-state index contributed by atoms with van der Waals surface area (Å²) in [7, 11) is 3.81. The number of likely N-dealkylation sites (N-methyl/N-ethyl adjacent to an activating group) is 1. The molecule has 0 aromatic heterocycles. The summed E-state index contributed by atoms with van der Waals surface area (Å²) >= 11 is 2.04. The lowest BCUT2D eigenvalue weighted by atomic mass is 9.99. The molecule has 2 aliphatic rings. The minimum Gasteiger partial charge on any atom is -0.341 e. The number of carbonyl (C=O) groups is 1. The lowest BCUT2D eigenvalue weighted by Crippen LogP contribution is -2.50. The summed E-state index contributed by atoms with van der Waals surface area (Å²) in [5.41, 5.74) is 0.853. The van der Waals surface area contributed by atoms with Gasteiger partial charge in [-0.15, -0.1) is 0 Å². The van der Waals surface area contributed by atoms with E-state index >= 15 is 0 Å². The average molecular weight is 366 g/mol. The maximum atomic E-state index is 13.2. The van der Waals surface area contributed by atoms with Gasteiger partial charge in [-0.25, -0.2) is 4.39 Å². The van der Waals surface area contributed by atoms with Gasteiger partial charge in [-0.3, -0.25) is 14.6 Å². The molecule has 0 saturated carbocycles. The number of hydrogen-bond acceptors (Lipinski definition) is 4. The molecule has 1 atom stereocenters. The number of halogens is 1. The molecule has 0 aliphatic carbocycles. The van der Waals surface area contributed by atoms with Crippen LogP contribution in [0, 0.1) is 5.82 Å². The normalized spacial score (nSPS) is 21.5. The fraction of sp³-hybridized carbons (Fsp3) is 0.632. The van der Waals surface area contributed by atoms with Crippen LogP contribution >= 0.6 is 11.8 Å². The molecule has 1 aromatic carbocycles. The Morgan fingerprint density at radius 3 is 2.28 bits per heavy atom. The molecule has 1 amide bonds. The Hall–Kier alpha value is -1.11. The summed E-state index contributed by atoms with van der Waals surface area (Å²) in [5.74, 6) is 2.32. The first-order valence-corrected chi connectivity index (χ1v) is 10.2. The van der Waals surface area contributed by atoms with Crippen molar-refractivity contribution >= 4 is 17.7 Å². The van der Waals surface area contributed by atoms with E-state index in [2.05, 4.69) is 4.90 Å². The summed E-state index contributed by atoms with van der Waals surface area (Å²) in [6.07, 6.45) is 2.11. The Bertz CT molecular complexity index is 567. The molecular weight excluding hydrogens is 337 g/mol. The topological polar surface area (TPSA) is 26.8 Å². The predicted octanol–water partition coefficient (Wildman–Crippen LogP) is 2.47. The van der Waals surface area contributed by atoms with Crippen LogP contribution in [0.15, 0.2) is 24.3 Å². The Labute approximate surface area is 154 Å². The zero-order chi connectivity index (χ0) is 17.8. The lowest BCUT2D eigenvalue weighted by Gasteiger charge is -2.41. The van der Waals surface area contributed by atoms with Crippen molar-refractivity contribution in [2.45, 2.75) is 24.9 Å². The molecule has 0 unspecified atom stereocenters. The van der Waals surface area contributed by atoms with E-state index < -0.39 is 0 Å². The molecule has 0 radical (unpaired) electrons. The molecule has 138 valence electrons. The van der Waals surface area contributed by atoms with Gasteiger partial charge in [0.25, 0.3) is 0 Å². The molecule has 2 fully saturated rings. The van der Waals surface area contributed by atoms with Crippen LogP contribution in [0.4, 0.5) is 4.39 Å². The van der Waals surface area contributed by atoms with Gasteiger partial charge in [-0.2, -0.15) is 11.8 Å². The number of carbonyl (C=O) groups excluding carboxylic acids is 1. The molecule has 3 rings (SSSR count). The van der Waals surface area contributed by atoms with Crippen LogP contribution < -0.4 is 0 Å². The van der Waals surface area contributed by atoms with Gasteiger partial charge < -0.3 is 4.90 Å². The Kier molecular flexibility index (Phi) is 6.36. The minimum absolute atomic E-state index is 0.129. The molecule has 4 nitrogen and oxygen atoms in total. The van der Waals surface area contributed by atoms with E-state index in [0.29, 0.717) is 6.04 Å². The Balaban J connectivity index is 1.62. The second-order valence-electron chi connectivity index (χ2n) is 7.12. The van der Waals surface area contributed by atoms with E-state index in [-0.39, 0.29) is 17.8 Å². The van der Waals surface area contributed by atoms with Gasteiger partial charge >= 0.3 is 0 Å². The molecule has 0 spiro atoms. The second-order valence-corrected chi connectivity index (χ2v) is 8.35. The average Bonchev–Trinajstić information content (AvgIpc) is 2.64. The standard InChI is InChI=1S/C19H28FN3OS/c1-21(2)18(15-3-5-16(20)6-4-15)19(24)23-9-7-17(8-10-23)22-11-13-25-14-12-22/h3-6,17-18H,7-14H2,1-2H3/t18-/m1/s1. The lowest BCUT2D eigenvalue weighted by molar-refractivity contribution is -0.138. The fourth-order valence-electron chi connectivity index (χ4n) is 3.87. The van der Waals surface area contributed by atoms with E-state index in [4.69, 9.17) is 0 Å². The van der Waals surface area contributed by atoms with E-state index in [0.717, 1.165) is 31.5 Å². The second kappa shape index (κ2) is 8.52. The van der Waals surface area contributed by atoms with E-state index in [9.17, 15) is 9.18 Å². The quantitative estimate of drug-likeness (QED) is 0.819. The predicted molar refractivity (Wildman–Crippen MR) is 101 cm³/mol. The zero-order valence-electron chi connectivity index (χ0n) is 15.2. The molecule has 0 N–H and O–H groups in total. The number of nitrogens with zero attached hydrogens (tertiary/aromatic N) is 3. The summed E-state index contributed by atoms with van der Waals surface area (Å²) < 4.78 is 13.2. The van der Waals surface area contributed by atoms with Crippen molar-refractivity contribution in [2.75, 3.05) is 51.8 Å². The van der Waals surface area contributed by atoms with Crippen LogP contribution in [0.3, 0.4) is 0 Å². The minimum atomic E-state index is -0.344. The van der Waals surface area contributed by atoms with Crippen molar-refractivity contribution in [1.29, 1.82) is 0 Å². The number of rotatable bonds is 4. The maximum absolute atomic E-state index is 13.2. The molecule has 1 aromatic rings. The highest BCUT2D eigenvalue weighted by Crippen LogP contribution is 2.25. The van der Waals surface area contributed by atoms with Crippen LogP contribution in [-0.4, -0.2) is 78.4 Å². The van der Waals surface area contributed by atoms with Crippen molar-refractivity contribution in [2.24, 2.45) is 0 Å². The maximum Gasteiger partial charge on any atom is 0.244 e. The van der Waals surface area contributed by atoms with Crippen molar-refractivity contribution in [3.63, 3.8) is 0 Å². The highest BCUT2D eigenvalue weighted by atomic mass is 32.2. The fourth-order valence-corrected chi connectivity index (χ4v) is 4.80. The summed E-state index contributed by atoms with van der Waals surface area (Å²) in [6.45, 7) is 4.00. The van der Waals surface area contributed by atoms with Gasteiger partial charge in [0.1, 0.15) is 11.9 Å². The molecule has 6 heteroatoms. The molecule has 2 aliphatic heterocycles. The molecule has 2 saturated heterocycles. The first-order valence-electron chi connectivity index (χ1n) is 9.09. The third-order valence-corrected chi connectivity index (χ3v) is 6.22. The zero-order valence-corrected chi connectivity index (χ0v) is 16.0. The van der Waals surface area contributed by atoms with Gasteiger partial charge in [0.05, 0.1) is 0 Å². The number of piperidine rings is 1. The van der Waals surface area contributed by atoms with Crippen molar-refractivity contribution in [3.8, 4) is 0 Å². The summed E-state index contributed by atoms with van der Waals surface area (Å²) in [5, 5.41) is 0. The van der Waals surface area contributed by atoms with Gasteiger partial charge in [0, 0.05) is 43.7 Å². The molecule has 25 heavy (non-hydrogen) atoms. The van der Waals surface area contributed by atoms with Gasteiger partial charge in [0.2, 0.25) is 5.91 Å². The van der Waals surface area contributed by atoms with Crippen molar-refractivity contribution in [1.82, 2.24) is 14.7 Å². The van der Waals surface area contributed by atoms with Crippen LogP contribution in [0.5, 0.6) is 0 Å². The highest BCUT2D eigenvalue weighted by molar-refractivity contribution is 7.99. The van der Waals surface area contributed by atoms with Crippen molar-refractivity contribution in [3.05, 3.63) is 35.6 Å². The Morgan fingerprint density at radius 1 is 1.12 bits per heavy atom.